The molecular formula is C18H12Cl3F2N3O. The van der Waals surface area contributed by atoms with Gasteiger partial charge in [-0.3, -0.25) is 9.48 Å². The van der Waals surface area contributed by atoms with E-state index in [0.29, 0.717) is 26.9 Å². The number of anilines is 1. The Morgan fingerprint density at radius 1 is 1.11 bits per heavy atom. The number of nitrogens with zero attached hydrogens (tertiary/aromatic N) is 2. The standard InChI is InChI=1S/C18H12Cl3F2N3O/c1-26-15(17(22)23)14(16(21)25-26)18(27)24-13-5-3-2-4-10(13)9-6-7-11(19)12(20)8-9/h2-8,17H,1H3,(H,24,27). The van der Waals surface area contributed by atoms with Gasteiger partial charge in [0.15, 0.2) is 5.15 Å². The van der Waals surface area contributed by atoms with E-state index in [-0.39, 0.29) is 10.7 Å². The highest BCUT2D eigenvalue weighted by Gasteiger charge is 2.28. The molecule has 0 fully saturated rings. The molecule has 0 unspecified atom stereocenters. The summed E-state index contributed by atoms with van der Waals surface area (Å²) in [4.78, 5) is 12.6. The summed E-state index contributed by atoms with van der Waals surface area (Å²) in [5.74, 6) is -0.782. The van der Waals surface area contributed by atoms with Crippen LogP contribution in [0.4, 0.5) is 14.5 Å². The number of nitrogens with one attached hydrogen (secondary N) is 1. The number of hydrogen-bond acceptors (Lipinski definition) is 2. The van der Waals surface area contributed by atoms with Crippen LogP contribution in [0.3, 0.4) is 0 Å². The number of benzene rings is 2. The van der Waals surface area contributed by atoms with Crippen LogP contribution < -0.4 is 5.32 Å². The molecule has 0 aliphatic rings. The van der Waals surface area contributed by atoms with Crippen LogP contribution in [-0.2, 0) is 7.05 Å². The van der Waals surface area contributed by atoms with E-state index >= 15 is 0 Å². The van der Waals surface area contributed by atoms with E-state index in [2.05, 4.69) is 10.4 Å². The molecule has 0 saturated carbocycles. The maximum atomic E-state index is 13.3. The smallest absolute Gasteiger partial charge is 0.280 e. The summed E-state index contributed by atoms with van der Waals surface area (Å²) in [7, 11) is 1.30. The summed E-state index contributed by atoms with van der Waals surface area (Å²) in [5, 5.41) is 6.78. The van der Waals surface area contributed by atoms with Crippen molar-refractivity contribution in [2.24, 2.45) is 7.05 Å². The Hall–Kier alpha value is -2.15. The highest BCUT2D eigenvalue weighted by atomic mass is 35.5. The number of aryl methyl sites for hydroxylation is 1. The second kappa shape index (κ2) is 7.84. The van der Waals surface area contributed by atoms with Crippen LogP contribution in [0, 0.1) is 0 Å². The van der Waals surface area contributed by atoms with E-state index in [1.807, 2.05) is 0 Å². The highest BCUT2D eigenvalue weighted by molar-refractivity contribution is 6.42. The Bertz CT molecular complexity index is 1020. The molecule has 0 radical (unpaired) electrons. The van der Waals surface area contributed by atoms with Crippen molar-refractivity contribution in [1.82, 2.24) is 9.78 Å². The van der Waals surface area contributed by atoms with Crippen molar-refractivity contribution < 1.29 is 13.6 Å². The predicted molar refractivity (Wildman–Crippen MR) is 103 cm³/mol. The molecule has 0 saturated heterocycles. The van der Waals surface area contributed by atoms with Crippen LogP contribution in [-0.4, -0.2) is 15.7 Å². The van der Waals surface area contributed by atoms with Gasteiger partial charge in [0.1, 0.15) is 11.3 Å². The second-order valence-electron chi connectivity index (χ2n) is 5.60. The van der Waals surface area contributed by atoms with Gasteiger partial charge >= 0.3 is 0 Å². The number of amides is 1. The average molecular weight is 431 g/mol. The van der Waals surface area contributed by atoms with Gasteiger partial charge in [0, 0.05) is 18.3 Å². The molecule has 1 N–H and O–H groups in total. The fraction of sp³-hybridized carbons (Fsp3) is 0.111. The average Bonchev–Trinajstić information content (AvgIpc) is 2.92. The lowest BCUT2D eigenvalue weighted by atomic mass is 10.0. The quantitative estimate of drug-likeness (QED) is 0.533. The first-order chi connectivity index (χ1) is 12.8. The molecule has 4 nitrogen and oxygen atoms in total. The van der Waals surface area contributed by atoms with Crippen molar-refractivity contribution in [2.75, 3.05) is 5.32 Å². The Labute approximate surface area is 168 Å². The van der Waals surface area contributed by atoms with E-state index in [1.54, 1.807) is 42.5 Å². The molecule has 0 atom stereocenters. The minimum atomic E-state index is -2.90. The van der Waals surface area contributed by atoms with Crippen molar-refractivity contribution in [3.05, 3.63) is 68.9 Å². The van der Waals surface area contributed by atoms with Gasteiger partial charge in [-0.1, -0.05) is 59.1 Å². The Morgan fingerprint density at radius 3 is 2.48 bits per heavy atom. The van der Waals surface area contributed by atoms with Gasteiger partial charge < -0.3 is 5.32 Å². The molecular weight excluding hydrogens is 419 g/mol. The predicted octanol–water partition coefficient (Wildman–Crippen LogP) is 6.24. The van der Waals surface area contributed by atoms with Crippen LogP contribution >= 0.6 is 34.8 Å². The zero-order chi connectivity index (χ0) is 19.7. The van der Waals surface area contributed by atoms with Crippen molar-refractivity contribution in [2.45, 2.75) is 6.43 Å². The summed E-state index contributed by atoms with van der Waals surface area (Å²) >= 11 is 17.9. The number of carbonyl (C=O) groups excluding carboxylic acids is 1. The molecule has 3 aromatic rings. The van der Waals surface area contributed by atoms with E-state index in [1.165, 1.54) is 7.05 Å². The van der Waals surface area contributed by atoms with E-state index in [9.17, 15) is 13.6 Å². The van der Waals surface area contributed by atoms with E-state index in [0.717, 1.165) is 4.68 Å². The number of para-hydroxylation sites is 1. The molecule has 140 valence electrons. The Kier molecular flexibility index (Phi) is 5.69. The summed E-state index contributed by atoms with van der Waals surface area (Å²) in [6, 6.07) is 11.9. The topological polar surface area (TPSA) is 46.9 Å². The van der Waals surface area contributed by atoms with Gasteiger partial charge in [0.05, 0.1) is 10.0 Å². The second-order valence-corrected chi connectivity index (χ2v) is 6.78. The summed E-state index contributed by atoms with van der Waals surface area (Å²) in [5.41, 5.74) is 0.832. The normalized spacial score (nSPS) is 11.1. The molecule has 2 aromatic carbocycles. The fourth-order valence-corrected chi connectivity index (χ4v) is 3.25. The summed E-state index contributed by atoms with van der Waals surface area (Å²) in [6.45, 7) is 0. The van der Waals surface area contributed by atoms with Crippen LogP contribution in [0.5, 0.6) is 0 Å². The van der Waals surface area contributed by atoms with Gasteiger partial charge in [-0.2, -0.15) is 5.10 Å². The van der Waals surface area contributed by atoms with Crippen molar-refractivity contribution >= 4 is 46.4 Å². The molecule has 1 heterocycles. The van der Waals surface area contributed by atoms with E-state index < -0.39 is 18.0 Å². The maximum absolute atomic E-state index is 13.3. The molecule has 3 rings (SSSR count). The molecule has 1 aromatic heterocycles. The first-order valence-electron chi connectivity index (χ1n) is 7.66. The first kappa shape index (κ1) is 19.6. The lowest BCUT2D eigenvalue weighted by Gasteiger charge is -2.12. The molecule has 0 spiro atoms. The molecule has 0 aliphatic heterocycles. The number of halogens is 5. The van der Waals surface area contributed by atoms with E-state index in [4.69, 9.17) is 34.8 Å². The monoisotopic (exact) mass is 429 g/mol. The summed E-state index contributed by atoms with van der Waals surface area (Å²) < 4.78 is 27.5. The van der Waals surface area contributed by atoms with Crippen LogP contribution in [0.2, 0.25) is 15.2 Å². The van der Waals surface area contributed by atoms with Crippen molar-refractivity contribution in [1.29, 1.82) is 0 Å². The number of alkyl halides is 2. The number of rotatable bonds is 4. The van der Waals surface area contributed by atoms with Crippen LogP contribution in [0.25, 0.3) is 11.1 Å². The Balaban J connectivity index is 2.00. The third-order valence-electron chi connectivity index (χ3n) is 3.89. The van der Waals surface area contributed by atoms with Gasteiger partial charge in [-0.05, 0) is 23.8 Å². The number of aromatic nitrogens is 2. The van der Waals surface area contributed by atoms with Crippen LogP contribution in [0.1, 0.15) is 22.5 Å². The number of hydrogen-bond donors (Lipinski definition) is 1. The third kappa shape index (κ3) is 3.93. The largest absolute Gasteiger partial charge is 0.321 e. The zero-order valence-corrected chi connectivity index (χ0v) is 16.1. The molecule has 9 heteroatoms. The van der Waals surface area contributed by atoms with Gasteiger partial charge in [-0.25, -0.2) is 8.78 Å². The molecule has 0 aliphatic carbocycles. The van der Waals surface area contributed by atoms with Gasteiger partial charge in [0.25, 0.3) is 12.3 Å². The fourth-order valence-electron chi connectivity index (χ4n) is 2.66. The van der Waals surface area contributed by atoms with Crippen LogP contribution in [0.15, 0.2) is 42.5 Å². The Morgan fingerprint density at radius 2 is 1.81 bits per heavy atom. The molecule has 1 amide bonds. The van der Waals surface area contributed by atoms with Crippen molar-refractivity contribution in [3.8, 4) is 11.1 Å². The summed E-state index contributed by atoms with van der Waals surface area (Å²) in [6.07, 6.45) is -2.90. The molecule has 0 bridgehead atoms. The molecule has 27 heavy (non-hydrogen) atoms. The van der Waals surface area contributed by atoms with Gasteiger partial charge in [0.2, 0.25) is 0 Å². The maximum Gasteiger partial charge on any atom is 0.280 e. The van der Waals surface area contributed by atoms with Crippen molar-refractivity contribution in [3.63, 3.8) is 0 Å². The number of carbonyl (C=O) groups is 1. The zero-order valence-electron chi connectivity index (χ0n) is 13.8. The lowest BCUT2D eigenvalue weighted by Crippen LogP contribution is -2.15. The first-order valence-corrected chi connectivity index (χ1v) is 8.79. The highest BCUT2D eigenvalue weighted by Crippen LogP contribution is 2.34. The SMILES string of the molecule is Cn1nc(Cl)c(C(=O)Nc2ccccc2-c2ccc(Cl)c(Cl)c2)c1C(F)F. The third-order valence-corrected chi connectivity index (χ3v) is 4.89. The lowest BCUT2D eigenvalue weighted by molar-refractivity contribution is 0.100. The van der Waals surface area contributed by atoms with Gasteiger partial charge in [-0.15, -0.1) is 0 Å². The minimum absolute atomic E-state index is 0.294. The minimum Gasteiger partial charge on any atom is -0.321 e.